The van der Waals surface area contributed by atoms with E-state index in [1.807, 2.05) is 18.2 Å². The zero-order valence-electron chi connectivity index (χ0n) is 22.9. The molecule has 4 aromatic rings. The van der Waals surface area contributed by atoms with Gasteiger partial charge in [-0.15, -0.1) is 0 Å². The first-order valence-corrected chi connectivity index (χ1v) is 14.6. The number of aliphatic hydroxyl groups excluding tert-OH is 1. The lowest BCUT2D eigenvalue weighted by Gasteiger charge is -2.25. The number of ether oxygens (including phenoxy) is 2. The quantitative estimate of drug-likeness (QED) is 0.206. The molecule has 0 saturated carbocycles. The lowest BCUT2D eigenvalue weighted by molar-refractivity contribution is -0.144. The number of aliphatic hydroxyl groups is 1. The van der Waals surface area contributed by atoms with Crippen LogP contribution in [0.3, 0.4) is 0 Å². The van der Waals surface area contributed by atoms with Gasteiger partial charge in [-0.1, -0.05) is 36.4 Å². The molecule has 3 heterocycles. The number of carbonyl (C=O) groups excluding carboxylic acids is 1. The minimum absolute atomic E-state index is 0.118. The zero-order valence-corrected chi connectivity index (χ0v) is 23.8. The molecule has 6 atom stereocenters. The molecule has 14 heteroatoms. The van der Waals surface area contributed by atoms with Crippen LogP contribution in [0.4, 0.5) is 4.39 Å². The molecule has 1 unspecified atom stereocenters. The summed E-state index contributed by atoms with van der Waals surface area (Å²) in [5, 5.41) is 19.1. The fourth-order valence-electron chi connectivity index (χ4n) is 4.74. The molecule has 1 saturated heterocycles. The molecule has 0 aliphatic carbocycles. The lowest BCUT2D eigenvalue weighted by atomic mass is 9.93. The Morgan fingerprint density at radius 2 is 2.02 bits per heavy atom. The third kappa shape index (κ3) is 5.68. The van der Waals surface area contributed by atoms with Gasteiger partial charge in [0.15, 0.2) is 11.3 Å². The van der Waals surface area contributed by atoms with E-state index in [2.05, 4.69) is 20.2 Å². The van der Waals surface area contributed by atoms with Gasteiger partial charge in [0.05, 0.1) is 30.8 Å². The highest BCUT2D eigenvalue weighted by Gasteiger charge is 2.56. The van der Waals surface area contributed by atoms with Crippen molar-refractivity contribution in [2.24, 2.45) is 0 Å². The van der Waals surface area contributed by atoms with Gasteiger partial charge in [0.25, 0.3) is 0 Å². The Balaban J connectivity index is 1.40. The molecular weight excluding hydrogens is 556 g/mol. The summed E-state index contributed by atoms with van der Waals surface area (Å²) in [4.78, 5) is 20.7. The number of benzene rings is 2. The van der Waals surface area contributed by atoms with Gasteiger partial charge in [-0.25, -0.2) is 23.4 Å². The van der Waals surface area contributed by atoms with Crippen LogP contribution in [0, 0.1) is 6.92 Å². The minimum Gasteiger partial charge on any atom is -0.465 e. The number of imidazole rings is 1. The first-order valence-electron chi connectivity index (χ1n) is 13.1. The molecule has 2 aromatic carbocycles. The number of carbonyl (C=O) groups is 1. The molecule has 2 N–H and O–H groups in total. The number of hydrogen-bond donors (Lipinski definition) is 2. The Morgan fingerprint density at radius 1 is 1.27 bits per heavy atom. The van der Waals surface area contributed by atoms with Crippen molar-refractivity contribution in [3.8, 4) is 5.75 Å². The maximum absolute atomic E-state index is 16.0. The summed E-state index contributed by atoms with van der Waals surface area (Å²) in [6, 6.07) is 11.4. The number of rotatable bonds is 10. The van der Waals surface area contributed by atoms with Crippen molar-refractivity contribution in [2.75, 3.05) is 13.2 Å². The normalized spacial score (nSPS) is 24.8. The first kappa shape index (κ1) is 29.0. The Morgan fingerprint density at radius 3 is 2.80 bits per heavy atom. The molecule has 2 aromatic heterocycles. The topological polar surface area (TPSA) is 146 Å². The van der Waals surface area contributed by atoms with Gasteiger partial charge in [0.2, 0.25) is 0 Å². The third-order valence-electron chi connectivity index (χ3n) is 6.90. The van der Waals surface area contributed by atoms with Crippen molar-refractivity contribution in [1.82, 2.24) is 24.7 Å². The Kier molecular flexibility index (Phi) is 8.09. The van der Waals surface area contributed by atoms with Crippen LogP contribution in [0.1, 0.15) is 38.3 Å². The highest BCUT2D eigenvalue weighted by atomic mass is 31.2. The molecule has 1 fully saturated rings. The smallest absolute Gasteiger partial charge is 0.459 e. The van der Waals surface area contributed by atoms with Crippen LogP contribution < -0.4 is 9.61 Å². The highest BCUT2D eigenvalue weighted by Crippen LogP contribution is 2.49. The van der Waals surface area contributed by atoms with E-state index in [0.29, 0.717) is 16.7 Å². The average molecular weight is 588 g/mol. The number of aryl methyl sites for hydroxylation is 1. The molecule has 5 rings (SSSR count). The van der Waals surface area contributed by atoms with E-state index in [1.54, 1.807) is 38.1 Å². The number of alkyl halides is 1. The number of nitrogens with one attached hydrogen (secondary N) is 1. The molecule has 0 radical (unpaired) electrons. The van der Waals surface area contributed by atoms with Gasteiger partial charge in [0, 0.05) is 5.39 Å². The Bertz CT molecular complexity index is 1610. The van der Waals surface area contributed by atoms with Gasteiger partial charge in [-0.2, -0.15) is 10.2 Å². The number of esters is 1. The van der Waals surface area contributed by atoms with Crippen molar-refractivity contribution in [3.05, 3.63) is 66.4 Å². The zero-order chi connectivity index (χ0) is 29.4. The molecule has 218 valence electrons. The summed E-state index contributed by atoms with van der Waals surface area (Å²) in [5.74, 6) is -0.437. The molecule has 0 bridgehead atoms. The maximum atomic E-state index is 16.0. The number of halogens is 1. The van der Waals surface area contributed by atoms with Crippen molar-refractivity contribution in [1.29, 1.82) is 0 Å². The predicted octanol–water partition coefficient (Wildman–Crippen LogP) is 3.86. The van der Waals surface area contributed by atoms with Crippen LogP contribution in [0.25, 0.3) is 16.4 Å². The second-order valence-corrected chi connectivity index (χ2v) is 11.6. The number of fused-ring (bicyclic) bond motifs is 2. The number of hydrogen-bond acceptors (Lipinski definition) is 10. The number of aromatic nitrogens is 4. The monoisotopic (exact) mass is 587 g/mol. The average Bonchev–Trinajstić information content (AvgIpc) is 3.47. The van der Waals surface area contributed by atoms with E-state index in [1.165, 1.54) is 30.9 Å². The fraction of sp³-hybridized carbons (Fsp3) is 0.407. The van der Waals surface area contributed by atoms with Gasteiger partial charge in [-0.3, -0.25) is 9.32 Å². The van der Waals surface area contributed by atoms with Crippen molar-refractivity contribution in [3.63, 3.8) is 0 Å². The van der Waals surface area contributed by atoms with Crippen molar-refractivity contribution >= 4 is 30.1 Å². The molecular formula is C27H31FN5O7P. The van der Waals surface area contributed by atoms with Crippen LogP contribution in [0.2, 0.25) is 0 Å². The van der Waals surface area contributed by atoms with Crippen molar-refractivity contribution < 1.29 is 37.4 Å². The molecule has 0 amide bonds. The van der Waals surface area contributed by atoms with Crippen LogP contribution >= 0.6 is 7.75 Å². The van der Waals surface area contributed by atoms with Gasteiger partial charge in [0.1, 0.15) is 36.4 Å². The molecule has 1 aliphatic rings. The molecule has 12 nitrogen and oxygen atoms in total. The van der Waals surface area contributed by atoms with Crippen LogP contribution in [0.15, 0.2) is 55.0 Å². The summed E-state index contributed by atoms with van der Waals surface area (Å²) in [7, 11) is -4.33. The van der Waals surface area contributed by atoms with Crippen LogP contribution in [0.5, 0.6) is 5.75 Å². The van der Waals surface area contributed by atoms with Crippen molar-refractivity contribution in [2.45, 2.75) is 57.7 Å². The summed E-state index contributed by atoms with van der Waals surface area (Å²) in [6.45, 7) is 5.61. The van der Waals surface area contributed by atoms with E-state index in [-0.39, 0.29) is 18.1 Å². The standard InChI is InChI=1S/C27H31FN5O7P/c1-5-37-26(35)17(3)32-41(36,40-21-12-8-10-18-9-6-7-11-19(18)21)38-14-22-23(34)27(4,28)24(39-22)20-13-29-25-16(2)30-15-31-33(20)25/h6-13,15,17,22-24,34H,5,14H2,1-4H3,(H,32,36)/t17-,22+,23+,24-,27+,41?/m0/s1. The van der Waals surface area contributed by atoms with Gasteiger partial charge in [-0.05, 0) is 39.1 Å². The third-order valence-corrected chi connectivity index (χ3v) is 8.53. The first-order chi connectivity index (χ1) is 19.5. The number of nitrogens with zero attached hydrogens (tertiary/aromatic N) is 4. The minimum atomic E-state index is -4.33. The van der Waals surface area contributed by atoms with Crippen LogP contribution in [-0.2, 0) is 23.4 Å². The van der Waals surface area contributed by atoms with Gasteiger partial charge < -0.3 is 19.1 Å². The van der Waals surface area contributed by atoms with Gasteiger partial charge >= 0.3 is 13.7 Å². The summed E-state index contributed by atoms with van der Waals surface area (Å²) < 4.78 is 54.0. The van der Waals surface area contributed by atoms with E-state index < -0.39 is 50.3 Å². The lowest BCUT2D eigenvalue weighted by Crippen LogP contribution is -2.40. The highest BCUT2D eigenvalue weighted by molar-refractivity contribution is 7.52. The summed E-state index contributed by atoms with van der Waals surface area (Å²) in [6.07, 6.45) is -1.49. The fourth-order valence-corrected chi connectivity index (χ4v) is 6.26. The second kappa shape index (κ2) is 11.4. The van der Waals surface area contributed by atoms with E-state index in [9.17, 15) is 14.5 Å². The second-order valence-electron chi connectivity index (χ2n) is 9.88. The van der Waals surface area contributed by atoms with E-state index in [4.69, 9.17) is 18.5 Å². The molecule has 41 heavy (non-hydrogen) atoms. The van der Waals surface area contributed by atoms with E-state index in [0.717, 1.165) is 5.39 Å². The SMILES string of the molecule is CCOC(=O)[C@H](C)NP(=O)(OC[C@H]1O[C@@H](c2cnc3c(C)ncnn23)[C@](C)(F)[C@@H]1O)Oc1cccc2ccccc12. The summed E-state index contributed by atoms with van der Waals surface area (Å²) >= 11 is 0. The largest absolute Gasteiger partial charge is 0.465 e. The summed E-state index contributed by atoms with van der Waals surface area (Å²) in [5.41, 5.74) is -1.02. The van der Waals surface area contributed by atoms with E-state index >= 15 is 4.39 Å². The Hall–Kier alpha value is -3.48. The molecule has 0 spiro atoms. The predicted molar refractivity (Wildman–Crippen MR) is 146 cm³/mol. The Labute approximate surface area is 235 Å². The van der Waals surface area contributed by atoms with Crippen LogP contribution in [-0.4, -0.2) is 67.8 Å². The molecule has 1 aliphatic heterocycles. The maximum Gasteiger partial charge on any atom is 0.459 e.